The predicted octanol–water partition coefficient (Wildman–Crippen LogP) is 15.3. The number of aliphatic carboxylic acids is 1. The summed E-state index contributed by atoms with van der Waals surface area (Å²) in [5.74, 6) is -16.5. The molecule has 4 aromatic carbocycles. The zero-order valence-corrected chi connectivity index (χ0v) is 55.1. The van der Waals surface area contributed by atoms with Crippen LogP contribution in [0.4, 0.5) is 75.8 Å². The SMILES string of the molecule is C.C#C.CC(C)(C)OC(=O)N1CCC(O)CC1.CCN(CC)CC.COc1ccc(COC[C@@H](OC(=O)Oc2c(F)c(F)c(F)c(F)c2F)C(F)(F)F)cc1.Clc1nccc2ccccc12.O=C(O)C(F)(F)F.O=C(O[C@H](CO)C(F)(F)F)N1CCC(Oc2nccc3ccccc23)CC1. The number of benzene rings is 4. The number of aromatic nitrogens is 2. The Morgan fingerprint density at radius 2 is 1.10 bits per heavy atom. The zero-order chi connectivity index (χ0) is 75.0. The maximum absolute atomic E-state index is 13.5. The first kappa shape index (κ1) is 89.3. The van der Waals surface area contributed by atoms with Crippen LogP contribution >= 0.6 is 11.6 Å². The number of halogens is 15. The van der Waals surface area contributed by atoms with E-state index >= 15 is 0 Å². The second kappa shape index (κ2) is 43.1. The van der Waals surface area contributed by atoms with Crippen molar-refractivity contribution in [2.24, 2.45) is 0 Å². The van der Waals surface area contributed by atoms with Crippen LogP contribution in [0.2, 0.25) is 5.15 Å². The number of amides is 2. The smallest absolute Gasteiger partial charge is 0.497 e. The summed E-state index contributed by atoms with van der Waals surface area (Å²) in [5, 5.41) is 29.7. The Morgan fingerprint density at radius 1 is 0.650 bits per heavy atom. The molecule has 556 valence electrons. The van der Waals surface area contributed by atoms with Gasteiger partial charge in [-0.1, -0.05) is 94.4 Å². The molecule has 34 heteroatoms. The van der Waals surface area contributed by atoms with Crippen molar-refractivity contribution in [3.05, 3.63) is 137 Å². The summed E-state index contributed by atoms with van der Waals surface area (Å²) in [7, 11) is 1.41. The number of rotatable bonds is 14. The van der Waals surface area contributed by atoms with Gasteiger partial charge < -0.3 is 63.2 Å². The van der Waals surface area contributed by atoms with Crippen LogP contribution in [0.5, 0.6) is 17.4 Å². The van der Waals surface area contributed by atoms with Gasteiger partial charge in [-0.15, -0.1) is 12.8 Å². The van der Waals surface area contributed by atoms with Gasteiger partial charge in [0, 0.05) is 62.2 Å². The second-order valence-corrected chi connectivity index (χ2v) is 21.8. The number of hydrogen-bond acceptors (Lipinski definition) is 16. The number of ether oxygens (including phenoxy) is 7. The fourth-order valence-corrected chi connectivity index (χ4v) is 8.36. The van der Waals surface area contributed by atoms with E-state index in [-0.39, 0.29) is 45.4 Å². The Balaban J connectivity index is 0.000000649. The average molecular weight is 1470 g/mol. The van der Waals surface area contributed by atoms with Gasteiger partial charge in [0.2, 0.25) is 52.9 Å². The molecular weight excluding hydrogens is 1390 g/mol. The van der Waals surface area contributed by atoms with Gasteiger partial charge in [0.1, 0.15) is 22.6 Å². The van der Waals surface area contributed by atoms with Crippen molar-refractivity contribution < 1.29 is 129 Å². The highest BCUT2D eigenvalue weighted by Crippen LogP contribution is 2.32. The minimum atomic E-state index is -5.20. The van der Waals surface area contributed by atoms with Crippen molar-refractivity contribution >= 4 is 57.5 Å². The lowest BCUT2D eigenvalue weighted by Crippen LogP contribution is -2.46. The summed E-state index contributed by atoms with van der Waals surface area (Å²) in [4.78, 5) is 57.3. The normalized spacial score (nSPS) is 13.8. The predicted molar refractivity (Wildman–Crippen MR) is 340 cm³/mol. The molecule has 0 bridgehead atoms. The summed E-state index contributed by atoms with van der Waals surface area (Å²) in [6.07, 6.45) is -11.2. The Bertz CT molecular complexity index is 3430. The number of pyridine rings is 2. The van der Waals surface area contributed by atoms with Gasteiger partial charge in [-0.3, -0.25) is 0 Å². The number of aliphatic hydroxyl groups excluding tert-OH is 2. The quantitative estimate of drug-likeness (QED) is 0.0135. The summed E-state index contributed by atoms with van der Waals surface area (Å²) in [6.45, 7) is 14.4. The Morgan fingerprint density at radius 3 is 1.54 bits per heavy atom. The first-order valence-electron chi connectivity index (χ1n) is 29.7. The van der Waals surface area contributed by atoms with Gasteiger partial charge >= 0.3 is 42.8 Å². The number of carboxylic acid groups (broad SMARTS) is 1. The standard InChI is InChI=1S/C18H12F8O5.C18H19F3N2O4.C10H19NO3.C9H6ClN.C6H15N.C2HF3O2.C2H2.CH4/c1-28-9-4-2-8(3-5-9)6-29-7-10(18(24,25)26)30-17(27)31-16-14(22)12(20)11(19)13(21)15(16)23;19-18(20,21)15(11-24)27-17(25)23-9-6-13(7-10-23)26-16-14-4-2-1-3-12(14)5-8-22-16;1-10(2,3)14-9(13)11-6-4-8(12)5-7-11;10-9-8-4-2-1-3-7(8)5-6-11-9;1-4-7(5-2)6-3;3-2(4,5)1(6)7;1-2;/h2-5,10H,6-7H2,1H3;1-5,8,13,15,24H,6-7,9-11H2;8,12H,4-7H2,1-3H3;1-6H;4-6H2,1-3H3;(H,6,7);1-2H;1H4/t10-;15-;;;;;;/m11....../s1. The minimum absolute atomic E-state index is 0. The van der Waals surface area contributed by atoms with Crippen LogP contribution in [-0.4, -0.2) is 179 Å². The minimum Gasteiger partial charge on any atom is -0.497 e. The van der Waals surface area contributed by atoms with Gasteiger partial charge in [-0.05, 0) is 99.9 Å². The molecule has 3 N–H and O–H groups in total. The number of nitrogens with zero attached hydrogens (tertiary/aromatic N) is 5. The van der Waals surface area contributed by atoms with E-state index in [1.54, 1.807) is 17.3 Å². The van der Waals surface area contributed by atoms with Crippen LogP contribution < -0.4 is 14.2 Å². The summed E-state index contributed by atoms with van der Waals surface area (Å²) >= 11 is 5.85. The van der Waals surface area contributed by atoms with Crippen LogP contribution in [0.25, 0.3) is 21.5 Å². The summed E-state index contributed by atoms with van der Waals surface area (Å²) < 4.78 is 208. The van der Waals surface area contributed by atoms with Gasteiger partial charge in [0.25, 0.3) is 0 Å². The third-order valence-electron chi connectivity index (χ3n) is 13.4. The molecule has 2 saturated heterocycles. The highest BCUT2D eigenvalue weighted by Gasteiger charge is 2.45. The number of carboxylic acids is 1. The third kappa shape index (κ3) is 30.8. The van der Waals surface area contributed by atoms with E-state index in [1.807, 2.05) is 81.4 Å². The van der Waals surface area contributed by atoms with Gasteiger partial charge in [0.15, 0.2) is 0 Å². The van der Waals surface area contributed by atoms with Crippen LogP contribution in [0.3, 0.4) is 0 Å². The Hall–Kier alpha value is -8.71. The van der Waals surface area contributed by atoms with Crippen molar-refractivity contribution in [1.29, 1.82) is 0 Å². The number of fused-ring (bicyclic) bond motifs is 2. The number of likely N-dealkylation sites (tertiary alicyclic amines) is 2. The summed E-state index contributed by atoms with van der Waals surface area (Å²) in [5.41, 5.74) is -0.00152. The number of carbonyl (C=O) groups excluding carboxylic acids is 3. The van der Waals surface area contributed by atoms with Crippen molar-refractivity contribution in [2.75, 3.05) is 66.1 Å². The van der Waals surface area contributed by atoms with Crippen molar-refractivity contribution in [1.82, 2.24) is 24.7 Å². The molecule has 4 heterocycles. The monoisotopic (exact) mass is 1470 g/mol. The highest BCUT2D eigenvalue weighted by atomic mass is 35.5. The van der Waals surface area contributed by atoms with Crippen molar-refractivity contribution in [2.45, 2.75) is 130 Å². The molecule has 100 heavy (non-hydrogen) atoms. The second-order valence-electron chi connectivity index (χ2n) is 21.4. The van der Waals surface area contributed by atoms with Crippen LogP contribution in [-0.2, 0) is 30.3 Å². The highest BCUT2D eigenvalue weighted by molar-refractivity contribution is 6.34. The number of methoxy groups -OCH3 is 1. The molecule has 2 atom stereocenters. The van der Waals surface area contributed by atoms with Crippen LogP contribution in [0, 0.1) is 41.9 Å². The van der Waals surface area contributed by atoms with Crippen LogP contribution in [0.15, 0.2) is 97.3 Å². The number of terminal acetylenes is 1. The molecule has 6 aromatic rings. The summed E-state index contributed by atoms with van der Waals surface area (Å²) in [6, 6.07) is 25.4. The molecule has 2 aliphatic rings. The van der Waals surface area contributed by atoms with Gasteiger partial charge in [-0.25, -0.2) is 42.3 Å². The first-order valence-corrected chi connectivity index (χ1v) is 30.1. The fourth-order valence-electron chi connectivity index (χ4n) is 8.13. The molecule has 0 aliphatic carbocycles. The number of aliphatic hydroxyl groups is 2. The lowest BCUT2D eigenvalue weighted by atomic mass is 10.1. The molecular formula is C66H78ClF14N5O14. The zero-order valence-electron chi connectivity index (χ0n) is 54.3. The molecule has 0 spiro atoms. The number of alkyl halides is 9. The lowest BCUT2D eigenvalue weighted by molar-refractivity contribution is -0.221. The number of carbonyl (C=O) groups is 4. The van der Waals surface area contributed by atoms with E-state index in [0.29, 0.717) is 61.1 Å². The topological polar surface area (TPSA) is 229 Å². The molecule has 2 aliphatic heterocycles. The molecule has 2 aromatic heterocycles. The largest absolute Gasteiger partial charge is 0.514 e. The molecule has 0 unspecified atom stereocenters. The van der Waals surface area contributed by atoms with E-state index in [0.717, 1.165) is 21.5 Å². The van der Waals surface area contributed by atoms with Crippen molar-refractivity contribution in [3.8, 4) is 30.2 Å². The van der Waals surface area contributed by atoms with E-state index in [2.05, 4.69) is 62.7 Å². The maximum atomic E-state index is 13.5. The molecule has 19 nitrogen and oxygen atoms in total. The van der Waals surface area contributed by atoms with Crippen molar-refractivity contribution in [3.63, 3.8) is 0 Å². The Labute approximate surface area is 572 Å². The maximum Gasteiger partial charge on any atom is 0.514 e. The lowest BCUT2D eigenvalue weighted by Gasteiger charge is -2.32. The number of hydrogen-bond donors (Lipinski definition) is 3. The Kier molecular flexibility index (Phi) is 38.5. The van der Waals surface area contributed by atoms with Gasteiger partial charge in [0.05, 0.1) is 33.0 Å². The average Bonchev–Trinajstić information content (AvgIpc) is 0.802. The molecule has 0 radical (unpaired) electrons. The van der Waals surface area contributed by atoms with E-state index in [1.165, 1.54) is 55.9 Å². The number of piperidine rings is 2. The molecule has 8 rings (SSSR count). The molecule has 0 saturated carbocycles. The van der Waals surface area contributed by atoms with E-state index < -0.39 is 103 Å². The van der Waals surface area contributed by atoms with E-state index in [9.17, 15) is 81.0 Å². The third-order valence-corrected chi connectivity index (χ3v) is 13.7. The van der Waals surface area contributed by atoms with Gasteiger partial charge in [-0.2, -0.15) is 48.3 Å². The first-order chi connectivity index (χ1) is 46.4. The van der Waals surface area contributed by atoms with Crippen LogP contribution in [0.1, 0.15) is 80.2 Å². The molecule has 2 amide bonds. The fraction of sp³-hybridized carbons (Fsp3) is 0.455. The molecule has 2 fully saturated rings. The van der Waals surface area contributed by atoms with E-state index in [4.69, 9.17) is 45.6 Å².